The second-order valence-electron chi connectivity index (χ2n) is 5.27. The van der Waals surface area contributed by atoms with Crippen LogP contribution in [0.15, 0.2) is 23.0 Å². The Morgan fingerprint density at radius 1 is 1.38 bits per heavy atom. The monoisotopic (exact) mass is 331 g/mol. The lowest BCUT2D eigenvalue weighted by molar-refractivity contribution is -0.136. The van der Waals surface area contributed by atoms with Crippen LogP contribution in [0.3, 0.4) is 0 Å². The largest absolute Gasteiger partial charge is 0.445 e. The van der Waals surface area contributed by atoms with E-state index in [2.05, 4.69) is 20.4 Å². The number of nitrogens with two attached hydrogens (primary N) is 1. The van der Waals surface area contributed by atoms with Crippen molar-refractivity contribution in [1.82, 2.24) is 20.3 Å². The summed E-state index contributed by atoms with van der Waals surface area (Å²) in [6, 6.07) is 3.77. The second-order valence-corrected chi connectivity index (χ2v) is 5.27. The minimum Gasteiger partial charge on any atom is -0.445 e. The second kappa shape index (κ2) is 6.07. The third kappa shape index (κ3) is 2.93. The molecule has 10 nitrogen and oxygen atoms in total. The van der Waals surface area contributed by atoms with Gasteiger partial charge in [-0.1, -0.05) is 11.3 Å². The minimum absolute atomic E-state index is 0.0524. The maximum absolute atomic E-state index is 12.5. The van der Waals surface area contributed by atoms with Gasteiger partial charge in [0.1, 0.15) is 18.2 Å². The van der Waals surface area contributed by atoms with Crippen molar-refractivity contribution >= 4 is 28.8 Å². The first-order valence-electron chi connectivity index (χ1n) is 7.10. The summed E-state index contributed by atoms with van der Waals surface area (Å²) in [5.41, 5.74) is 5.30. The molecule has 1 unspecified atom stereocenters. The molecule has 2 heterocycles. The lowest BCUT2D eigenvalue weighted by Gasteiger charge is -2.21. The third-order valence-electron chi connectivity index (χ3n) is 3.64. The first-order valence-corrected chi connectivity index (χ1v) is 7.10. The molecule has 1 saturated heterocycles. The molecular formula is C14H13N5O5. The minimum atomic E-state index is -0.908. The highest BCUT2D eigenvalue weighted by Gasteiger charge is 2.30. The number of ether oxygens (including phenoxy) is 1. The van der Waals surface area contributed by atoms with E-state index >= 15 is 0 Å². The van der Waals surface area contributed by atoms with E-state index in [9.17, 15) is 19.2 Å². The lowest BCUT2D eigenvalue weighted by Crippen LogP contribution is -2.45. The number of hydrogen-bond donors (Lipinski definition) is 2. The van der Waals surface area contributed by atoms with Crippen LogP contribution in [0.4, 0.5) is 4.79 Å². The Hall–Kier alpha value is -3.30. The molecule has 1 aromatic heterocycles. The molecule has 1 atom stereocenters. The van der Waals surface area contributed by atoms with Crippen LogP contribution in [0.1, 0.15) is 24.4 Å². The number of aromatic nitrogens is 3. The molecule has 24 heavy (non-hydrogen) atoms. The molecule has 0 aliphatic carbocycles. The quantitative estimate of drug-likeness (QED) is 0.711. The van der Waals surface area contributed by atoms with Crippen LogP contribution in [-0.4, -0.2) is 32.9 Å². The lowest BCUT2D eigenvalue weighted by atomic mass is 10.1. The van der Waals surface area contributed by atoms with Gasteiger partial charge in [0.15, 0.2) is 0 Å². The van der Waals surface area contributed by atoms with E-state index in [1.807, 2.05) is 0 Å². The fourth-order valence-corrected chi connectivity index (χ4v) is 2.46. The SMILES string of the molecule is NC(=O)OCc1ccc2c(=O)n(C3CCC(=O)NC3=O)nnc2c1. The van der Waals surface area contributed by atoms with Crippen molar-refractivity contribution in [2.45, 2.75) is 25.5 Å². The van der Waals surface area contributed by atoms with E-state index in [0.717, 1.165) is 4.68 Å². The van der Waals surface area contributed by atoms with Crippen molar-refractivity contribution in [1.29, 1.82) is 0 Å². The van der Waals surface area contributed by atoms with Crippen LogP contribution in [0.25, 0.3) is 10.9 Å². The molecular weight excluding hydrogens is 318 g/mol. The highest BCUT2D eigenvalue weighted by atomic mass is 16.5. The van der Waals surface area contributed by atoms with Crippen molar-refractivity contribution in [3.63, 3.8) is 0 Å². The molecule has 0 spiro atoms. The molecule has 10 heteroatoms. The van der Waals surface area contributed by atoms with Crippen LogP contribution in [0, 0.1) is 0 Å². The van der Waals surface area contributed by atoms with Gasteiger partial charge in [0.2, 0.25) is 5.91 Å². The summed E-state index contributed by atoms with van der Waals surface area (Å²) >= 11 is 0. The van der Waals surface area contributed by atoms with Gasteiger partial charge >= 0.3 is 6.09 Å². The number of benzene rings is 1. The Labute approximate surface area is 134 Å². The van der Waals surface area contributed by atoms with E-state index in [1.165, 1.54) is 6.07 Å². The number of fused-ring (bicyclic) bond motifs is 1. The Morgan fingerprint density at radius 2 is 2.17 bits per heavy atom. The Balaban J connectivity index is 1.95. The predicted molar refractivity (Wildman–Crippen MR) is 79.6 cm³/mol. The van der Waals surface area contributed by atoms with Crippen molar-refractivity contribution in [3.05, 3.63) is 34.1 Å². The molecule has 0 bridgehead atoms. The standard InChI is InChI=1S/C14H13N5O5/c15-14(23)24-6-7-1-2-8-9(5-7)17-18-19(13(8)22)10-3-4-11(20)16-12(10)21/h1-2,5,10H,3-4,6H2,(H2,15,23)(H,16,20,21). The number of amides is 3. The maximum atomic E-state index is 12.5. The summed E-state index contributed by atoms with van der Waals surface area (Å²) in [5, 5.41) is 10.2. The number of imide groups is 1. The zero-order valence-corrected chi connectivity index (χ0v) is 12.4. The van der Waals surface area contributed by atoms with E-state index in [1.54, 1.807) is 12.1 Å². The van der Waals surface area contributed by atoms with Gasteiger partial charge in [-0.05, 0) is 24.1 Å². The van der Waals surface area contributed by atoms with Gasteiger partial charge in [-0.15, -0.1) is 5.10 Å². The molecule has 1 fully saturated rings. The molecule has 1 aliphatic rings. The van der Waals surface area contributed by atoms with Crippen LogP contribution in [0.5, 0.6) is 0 Å². The van der Waals surface area contributed by atoms with Gasteiger partial charge < -0.3 is 10.5 Å². The van der Waals surface area contributed by atoms with E-state index in [-0.39, 0.29) is 30.7 Å². The number of primary amides is 1. The average Bonchev–Trinajstić information content (AvgIpc) is 2.54. The van der Waals surface area contributed by atoms with Crippen molar-refractivity contribution in [2.75, 3.05) is 0 Å². The normalized spacial score (nSPS) is 17.6. The van der Waals surface area contributed by atoms with Gasteiger partial charge in [0.05, 0.1) is 5.39 Å². The van der Waals surface area contributed by atoms with Crippen LogP contribution in [0.2, 0.25) is 0 Å². The summed E-state index contributed by atoms with van der Waals surface area (Å²) in [6.45, 7) is -0.0524. The molecule has 124 valence electrons. The van der Waals surface area contributed by atoms with Crippen molar-refractivity contribution < 1.29 is 19.1 Å². The zero-order chi connectivity index (χ0) is 17.3. The van der Waals surface area contributed by atoms with Gasteiger partial charge in [-0.3, -0.25) is 19.7 Å². The highest BCUT2D eigenvalue weighted by molar-refractivity contribution is 5.99. The summed E-state index contributed by atoms with van der Waals surface area (Å²) < 4.78 is 5.65. The molecule has 1 aliphatic heterocycles. The van der Waals surface area contributed by atoms with Crippen LogP contribution < -0.4 is 16.6 Å². The number of rotatable bonds is 3. The summed E-state index contributed by atoms with van der Waals surface area (Å²) in [7, 11) is 0. The number of nitrogens with one attached hydrogen (secondary N) is 1. The van der Waals surface area contributed by atoms with Crippen molar-refractivity contribution in [3.8, 4) is 0 Å². The molecule has 0 radical (unpaired) electrons. The molecule has 3 amide bonds. The van der Waals surface area contributed by atoms with Crippen LogP contribution >= 0.6 is 0 Å². The molecule has 1 aromatic carbocycles. The molecule has 3 rings (SSSR count). The molecule has 2 aromatic rings. The van der Waals surface area contributed by atoms with E-state index in [0.29, 0.717) is 11.1 Å². The number of carbonyl (C=O) groups is 3. The summed E-state index contributed by atoms with van der Waals surface area (Å²) in [4.78, 5) is 46.2. The number of piperidine rings is 1. The van der Waals surface area contributed by atoms with Gasteiger partial charge in [-0.2, -0.15) is 4.68 Å². The molecule has 3 N–H and O–H groups in total. The van der Waals surface area contributed by atoms with E-state index in [4.69, 9.17) is 5.73 Å². The fourth-order valence-electron chi connectivity index (χ4n) is 2.46. The van der Waals surface area contributed by atoms with Gasteiger partial charge in [0.25, 0.3) is 11.5 Å². The summed E-state index contributed by atoms with van der Waals surface area (Å²) in [6.07, 6.45) is -0.587. The first-order chi connectivity index (χ1) is 11.5. The molecule has 0 saturated carbocycles. The number of carbonyl (C=O) groups excluding carboxylic acids is 3. The summed E-state index contributed by atoms with van der Waals surface area (Å²) in [5.74, 6) is -0.953. The Kier molecular flexibility index (Phi) is 3.94. The van der Waals surface area contributed by atoms with Crippen molar-refractivity contribution in [2.24, 2.45) is 5.73 Å². The Morgan fingerprint density at radius 3 is 2.88 bits per heavy atom. The first kappa shape index (κ1) is 15.6. The maximum Gasteiger partial charge on any atom is 0.404 e. The topological polar surface area (TPSA) is 146 Å². The smallest absolute Gasteiger partial charge is 0.404 e. The highest BCUT2D eigenvalue weighted by Crippen LogP contribution is 2.17. The Bertz CT molecular complexity index is 906. The fraction of sp³-hybridized carbons (Fsp3) is 0.286. The zero-order valence-electron chi connectivity index (χ0n) is 12.4. The number of hydrogen-bond acceptors (Lipinski definition) is 7. The van der Waals surface area contributed by atoms with E-state index < -0.39 is 23.6 Å². The average molecular weight is 331 g/mol. The van der Waals surface area contributed by atoms with Gasteiger partial charge in [0, 0.05) is 6.42 Å². The van der Waals surface area contributed by atoms with Crippen LogP contribution in [-0.2, 0) is 20.9 Å². The third-order valence-corrected chi connectivity index (χ3v) is 3.64. The van der Waals surface area contributed by atoms with Gasteiger partial charge in [-0.25, -0.2) is 4.79 Å². The number of nitrogens with zero attached hydrogens (tertiary/aromatic N) is 3. The predicted octanol–water partition coefficient (Wildman–Crippen LogP) is -0.635.